The number of sulfonamides is 1. The fraction of sp³-hybridized carbons (Fsp3) is 0.538. The molecule has 1 aromatic carbocycles. The van der Waals surface area contributed by atoms with Crippen molar-refractivity contribution in [3.63, 3.8) is 0 Å². The minimum Gasteiger partial charge on any atom is -0.326 e. The number of hydrogen-bond acceptors (Lipinski definition) is 3. The normalized spacial score (nSPS) is 21.2. The molecule has 1 aliphatic heterocycles. The highest BCUT2D eigenvalue weighted by molar-refractivity contribution is 9.10. The zero-order valence-electron chi connectivity index (χ0n) is 11.9. The minimum absolute atomic E-state index is 0. The molecule has 22 heavy (non-hydrogen) atoms. The Bertz CT molecular complexity index is 620. The number of piperidine rings is 1. The summed E-state index contributed by atoms with van der Waals surface area (Å²) in [6.45, 7) is 2.19. The Morgan fingerprint density at radius 3 is 2.64 bits per heavy atom. The third-order valence-electron chi connectivity index (χ3n) is 3.63. The Morgan fingerprint density at radius 1 is 1.45 bits per heavy atom. The van der Waals surface area contributed by atoms with Crippen LogP contribution in [-0.2, 0) is 10.0 Å². The molecule has 0 aromatic heterocycles. The zero-order chi connectivity index (χ0) is 15.8. The van der Waals surface area contributed by atoms with Gasteiger partial charge in [-0.25, -0.2) is 12.8 Å². The Labute approximate surface area is 149 Å². The van der Waals surface area contributed by atoms with E-state index < -0.39 is 15.8 Å². The van der Waals surface area contributed by atoms with Gasteiger partial charge in [-0.2, -0.15) is 4.31 Å². The molecule has 0 bridgehead atoms. The first-order valence-corrected chi connectivity index (χ1v) is 9.28. The van der Waals surface area contributed by atoms with Gasteiger partial charge in [0.15, 0.2) is 0 Å². The van der Waals surface area contributed by atoms with Crippen LogP contribution in [0.1, 0.15) is 26.2 Å². The van der Waals surface area contributed by atoms with Crippen LogP contribution in [0.4, 0.5) is 4.39 Å². The summed E-state index contributed by atoms with van der Waals surface area (Å²) in [7, 11) is -3.83. The van der Waals surface area contributed by atoms with Crippen molar-refractivity contribution in [3.8, 4) is 0 Å². The van der Waals surface area contributed by atoms with Crippen LogP contribution in [-0.4, -0.2) is 31.4 Å². The van der Waals surface area contributed by atoms with Crippen LogP contribution in [0.5, 0.6) is 0 Å². The molecule has 2 unspecified atom stereocenters. The van der Waals surface area contributed by atoms with Gasteiger partial charge in [0.2, 0.25) is 10.0 Å². The van der Waals surface area contributed by atoms with Crippen molar-refractivity contribution < 1.29 is 12.8 Å². The van der Waals surface area contributed by atoms with Crippen molar-refractivity contribution in [2.45, 2.75) is 43.2 Å². The first-order chi connectivity index (χ1) is 9.75. The summed E-state index contributed by atoms with van der Waals surface area (Å²) >= 11 is 9.05. The number of halogens is 4. The quantitative estimate of drug-likeness (QED) is 0.789. The average molecular weight is 436 g/mol. The van der Waals surface area contributed by atoms with E-state index in [1.807, 2.05) is 0 Å². The molecule has 0 spiro atoms. The number of rotatable bonds is 3. The number of nitrogens with two attached hydrogens (primary N) is 1. The maximum atomic E-state index is 13.3. The lowest BCUT2D eigenvalue weighted by Crippen LogP contribution is -2.51. The molecule has 126 valence electrons. The largest absolute Gasteiger partial charge is 0.326 e. The van der Waals surface area contributed by atoms with Gasteiger partial charge < -0.3 is 5.73 Å². The van der Waals surface area contributed by atoms with Crippen molar-refractivity contribution >= 4 is 50.0 Å². The molecule has 1 heterocycles. The van der Waals surface area contributed by atoms with Crippen LogP contribution in [0.3, 0.4) is 0 Å². The summed E-state index contributed by atoms with van der Waals surface area (Å²) in [5.41, 5.74) is 5.92. The fourth-order valence-corrected chi connectivity index (χ4v) is 6.17. The van der Waals surface area contributed by atoms with Gasteiger partial charge in [-0.15, -0.1) is 12.4 Å². The van der Waals surface area contributed by atoms with E-state index in [2.05, 4.69) is 15.9 Å². The van der Waals surface area contributed by atoms with Gasteiger partial charge in [-0.1, -0.05) is 18.0 Å². The Balaban J connectivity index is 0.00000242. The molecule has 1 fully saturated rings. The molecule has 0 amide bonds. The fourth-order valence-electron chi connectivity index (χ4n) is 2.65. The van der Waals surface area contributed by atoms with Crippen molar-refractivity contribution in [2.75, 3.05) is 6.54 Å². The Morgan fingerprint density at radius 2 is 2.09 bits per heavy atom. The average Bonchev–Trinajstić information content (AvgIpc) is 2.37. The molecule has 9 heteroatoms. The first-order valence-electron chi connectivity index (χ1n) is 6.67. The summed E-state index contributed by atoms with van der Waals surface area (Å²) < 4.78 is 40.6. The van der Waals surface area contributed by atoms with Crippen molar-refractivity contribution in [2.24, 2.45) is 5.73 Å². The van der Waals surface area contributed by atoms with Crippen LogP contribution in [0, 0.1) is 5.82 Å². The van der Waals surface area contributed by atoms with Crippen LogP contribution in [0.15, 0.2) is 21.5 Å². The van der Waals surface area contributed by atoms with E-state index in [0.717, 1.165) is 25.0 Å². The summed E-state index contributed by atoms with van der Waals surface area (Å²) in [6, 6.07) is 1.56. The number of nitrogens with zero attached hydrogens (tertiary/aromatic N) is 1. The van der Waals surface area contributed by atoms with Crippen LogP contribution in [0.25, 0.3) is 0 Å². The smallest absolute Gasteiger partial charge is 0.245 e. The molecule has 0 saturated carbocycles. The highest BCUT2D eigenvalue weighted by Gasteiger charge is 2.37. The molecule has 4 nitrogen and oxygen atoms in total. The molecule has 2 N–H and O–H groups in total. The molecule has 1 aromatic rings. The van der Waals surface area contributed by atoms with E-state index in [1.165, 1.54) is 4.31 Å². The van der Waals surface area contributed by atoms with Gasteiger partial charge in [0.05, 0.1) is 5.02 Å². The van der Waals surface area contributed by atoms with E-state index in [9.17, 15) is 12.8 Å². The standard InChI is InChI=1S/C13H17BrClFN2O2S.ClH/c1-8(17)12-4-2-3-5-18(12)21(19,20)13-10(14)6-9(16)7-11(13)15;/h6-8,12H,2-5,17H2,1H3;1H. The Kier molecular flexibility index (Phi) is 7.11. The van der Waals surface area contributed by atoms with Crippen molar-refractivity contribution in [1.82, 2.24) is 4.31 Å². The lowest BCUT2D eigenvalue weighted by atomic mass is 10.00. The van der Waals surface area contributed by atoms with Crippen molar-refractivity contribution in [1.29, 1.82) is 0 Å². The molecule has 0 aliphatic carbocycles. The lowest BCUT2D eigenvalue weighted by molar-refractivity contribution is 0.227. The maximum absolute atomic E-state index is 13.3. The van der Waals surface area contributed by atoms with E-state index in [-0.39, 0.29) is 38.9 Å². The summed E-state index contributed by atoms with van der Waals surface area (Å²) in [5.74, 6) is -0.590. The molecule has 1 saturated heterocycles. The summed E-state index contributed by atoms with van der Waals surface area (Å²) in [6.07, 6.45) is 2.43. The highest BCUT2D eigenvalue weighted by Crippen LogP contribution is 2.35. The molecular formula is C13H18BrCl2FN2O2S. The second kappa shape index (κ2) is 7.77. The highest BCUT2D eigenvalue weighted by atomic mass is 79.9. The van der Waals surface area contributed by atoms with Gasteiger partial charge in [0.1, 0.15) is 10.7 Å². The van der Waals surface area contributed by atoms with E-state index >= 15 is 0 Å². The van der Waals surface area contributed by atoms with E-state index in [1.54, 1.807) is 6.92 Å². The third kappa shape index (κ3) is 3.94. The summed E-state index contributed by atoms with van der Waals surface area (Å²) in [4.78, 5) is -0.0990. The topological polar surface area (TPSA) is 63.4 Å². The Hall–Kier alpha value is 0.0800. The lowest BCUT2D eigenvalue weighted by Gasteiger charge is -2.37. The second-order valence-electron chi connectivity index (χ2n) is 5.24. The van der Waals surface area contributed by atoms with Gasteiger partial charge in [0, 0.05) is 23.1 Å². The molecule has 2 rings (SSSR count). The first kappa shape index (κ1) is 20.1. The van der Waals surface area contributed by atoms with Gasteiger partial charge in [-0.3, -0.25) is 0 Å². The minimum atomic E-state index is -3.83. The number of hydrogen-bond donors (Lipinski definition) is 1. The van der Waals surface area contributed by atoms with Gasteiger partial charge >= 0.3 is 0 Å². The van der Waals surface area contributed by atoms with Crippen LogP contribution in [0.2, 0.25) is 5.02 Å². The van der Waals surface area contributed by atoms with Crippen LogP contribution < -0.4 is 5.73 Å². The molecule has 0 radical (unpaired) electrons. The third-order valence-corrected chi connectivity index (χ3v) is 6.96. The monoisotopic (exact) mass is 434 g/mol. The summed E-state index contributed by atoms with van der Waals surface area (Å²) in [5, 5.41) is -0.129. The van der Waals surface area contributed by atoms with Gasteiger partial charge in [0.25, 0.3) is 0 Å². The SMILES string of the molecule is CC(N)C1CCCCN1S(=O)(=O)c1c(Cl)cc(F)cc1Br.Cl. The van der Waals surface area contributed by atoms with E-state index in [4.69, 9.17) is 17.3 Å². The maximum Gasteiger partial charge on any atom is 0.245 e. The molecule has 2 atom stereocenters. The zero-order valence-corrected chi connectivity index (χ0v) is 15.9. The number of benzene rings is 1. The predicted octanol–water partition coefficient (Wildman–Crippen LogP) is 3.55. The van der Waals surface area contributed by atoms with E-state index in [0.29, 0.717) is 13.0 Å². The van der Waals surface area contributed by atoms with Crippen molar-refractivity contribution in [3.05, 3.63) is 27.4 Å². The predicted molar refractivity (Wildman–Crippen MR) is 91.5 cm³/mol. The molecule has 1 aliphatic rings. The van der Waals surface area contributed by atoms with Gasteiger partial charge in [-0.05, 0) is 47.8 Å². The van der Waals surface area contributed by atoms with Crippen LogP contribution >= 0.6 is 39.9 Å². The second-order valence-corrected chi connectivity index (χ2v) is 8.33. The molecular weight excluding hydrogens is 418 g/mol.